The van der Waals surface area contributed by atoms with Gasteiger partial charge in [-0.2, -0.15) is 0 Å². The number of H-pyrrole nitrogens is 1. The molecule has 0 unspecified atom stereocenters. The van der Waals surface area contributed by atoms with Crippen LogP contribution in [0.15, 0.2) is 24.3 Å². The molecule has 0 saturated carbocycles. The van der Waals surface area contributed by atoms with Crippen LogP contribution in [0.25, 0.3) is 11.4 Å². The molecule has 0 radical (unpaired) electrons. The molecular weight excluding hydrogens is 488 g/mol. The average Bonchev–Trinajstić information content (AvgIpc) is 3.14. The SMILES string of the molecule is CC(=O)OC[C@H]1O[C@@H](Oc2ccc(-c3nc(C)c(C)[nH]3)cc2)[C@H](OC(C)=O)[C@@H](OC(C)=O)[C@@H]1OC(C)=O. The summed E-state index contributed by atoms with van der Waals surface area (Å²) in [5.41, 5.74) is 2.64. The average molecular weight is 519 g/mol. The Morgan fingerprint density at radius 1 is 0.838 bits per heavy atom. The lowest BCUT2D eigenvalue weighted by Crippen LogP contribution is -2.63. The van der Waals surface area contributed by atoms with Gasteiger partial charge in [-0.3, -0.25) is 19.2 Å². The standard InChI is InChI=1S/C25H30N2O10/c1-12-13(2)27-24(26-12)18-7-9-19(10-8-18)36-25-23(35-17(6)31)22(34-16(5)30)21(33-15(4)29)20(37-25)11-32-14(3)28/h7-10,20-23,25H,11H2,1-6H3,(H,26,27)/t20-,21-,22+,23-,25-/m1/s1. The number of imidazole rings is 1. The zero-order valence-electron chi connectivity index (χ0n) is 21.4. The Hall–Kier alpha value is -3.93. The first kappa shape index (κ1) is 27.7. The number of hydrogen-bond donors (Lipinski definition) is 1. The lowest BCUT2D eigenvalue weighted by molar-refractivity contribution is -0.288. The van der Waals surface area contributed by atoms with Crippen LogP contribution < -0.4 is 4.74 Å². The molecule has 5 atom stereocenters. The second kappa shape index (κ2) is 11.9. The number of nitrogens with one attached hydrogen (secondary N) is 1. The van der Waals surface area contributed by atoms with Gasteiger partial charge >= 0.3 is 23.9 Å². The van der Waals surface area contributed by atoms with Crippen molar-refractivity contribution in [2.45, 2.75) is 72.2 Å². The van der Waals surface area contributed by atoms with E-state index in [2.05, 4.69) is 9.97 Å². The molecular formula is C25H30N2O10. The number of rotatable bonds is 8. The van der Waals surface area contributed by atoms with E-state index in [1.165, 1.54) is 6.92 Å². The molecule has 1 fully saturated rings. The van der Waals surface area contributed by atoms with Crippen molar-refractivity contribution >= 4 is 23.9 Å². The number of aromatic amines is 1. The zero-order valence-corrected chi connectivity index (χ0v) is 21.4. The fraction of sp³-hybridized carbons (Fsp3) is 0.480. The van der Waals surface area contributed by atoms with Crippen LogP contribution in [0.4, 0.5) is 0 Å². The Labute approximate surface area is 213 Å². The van der Waals surface area contributed by atoms with Crippen LogP contribution in [0.1, 0.15) is 39.1 Å². The number of benzene rings is 1. The first-order valence-corrected chi connectivity index (χ1v) is 11.6. The van der Waals surface area contributed by atoms with Crippen molar-refractivity contribution in [3.05, 3.63) is 35.7 Å². The fourth-order valence-corrected chi connectivity index (χ4v) is 3.79. The van der Waals surface area contributed by atoms with E-state index in [1.807, 2.05) is 13.8 Å². The lowest BCUT2D eigenvalue weighted by atomic mass is 9.98. The summed E-state index contributed by atoms with van der Waals surface area (Å²) in [4.78, 5) is 54.8. The van der Waals surface area contributed by atoms with Gasteiger partial charge in [0.1, 0.15) is 24.3 Å². The summed E-state index contributed by atoms with van der Waals surface area (Å²) in [7, 11) is 0. The van der Waals surface area contributed by atoms with Crippen molar-refractivity contribution in [2.24, 2.45) is 0 Å². The molecule has 0 aliphatic carbocycles. The van der Waals surface area contributed by atoms with Crippen molar-refractivity contribution in [2.75, 3.05) is 6.61 Å². The molecule has 200 valence electrons. The van der Waals surface area contributed by atoms with E-state index in [0.717, 1.165) is 37.7 Å². The predicted octanol–water partition coefficient (Wildman–Crippen LogP) is 2.16. The summed E-state index contributed by atoms with van der Waals surface area (Å²) >= 11 is 0. The lowest BCUT2D eigenvalue weighted by Gasteiger charge is -2.43. The molecule has 1 aliphatic rings. The highest BCUT2D eigenvalue weighted by molar-refractivity contribution is 5.68. The van der Waals surface area contributed by atoms with Crippen LogP contribution in [0.2, 0.25) is 0 Å². The van der Waals surface area contributed by atoms with Crippen molar-refractivity contribution in [1.29, 1.82) is 0 Å². The number of aryl methyl sites for hydroxylation is 2. The Bertz CT molecular complexity index is 1120. The number of ether oxygens (including phenoxy) is 6. The van der Waals surface area contributed by atoms with E-state index in [4.69, 9.17) is 28.4 Å². The molecule has 1 N–H and O–H groups in total. The highest BCUT2D eigenvalue weighted by atomic mass is 16.7. The van der Waals surface area contributed by atoms with Gasteiger partial charge in [-0.25, -0.2) is 4.98 Å². The van der Waals surface area contributed by atoms with Gasteiger partial charge in [0.05, 0.1) is 5.69 Å². The van der Waals surface area contributed by atoms with Crippen LogP contribution in [-0.2, 0) is 42.9 Å². The minimum Gasteiger partial charge on any atom is -0.463 e. The number of carbonyl (C=O) groups is 4. The van der Waals surface area contributed by atoms with E-state index in [-0.39, 0.29) is 6.61 Å². The Morgan fingerprint density at radius 3 is 1.92 bits per heavy atom. The van der Waals surface area contributed by atoms with Crippen LogP contribution in [0, 0.1) is 13.8 Å². The van der Waals surface area contributed by atoms with Crippen LogP contribution in [0.3, 0.4) is 0 Å². The van der Waals surface area contributed by atoms with Gasteiger partial charge in [0, 0.05) is 39.0 Å². The summed E-state index contributed by atoms with van der Waals surface area (Å²) < 4.78 is 33.2. The minimum absolute atomic E-state index is 0.338. The van der Waals surface area contributed by atoms with E-state index in [9.17, 15) is 19.2 Å². The number of hydrogen-bond acceptors (Lipinski definition) is 11. The van der Waals surface area contributed by atoms with Crippen molar-refractivity contribution in [3.63, 3.8) is 0 Å². The van der Waals surface area contributed by atoms with Gasteiger partial charge in [0.2, 0.25) is 12.4 Å². The first-order chi connectivity index (χ1) is 17.4. The maximum Gasteiger partial charge on any atom is 0.303 e. The van der Waals surface area contributed by atoms with Gasteiger partial charge in [0.15, 0.2) is 12.2 Å². The maximum atomic E-state index is 11.9. The van der Waals surface area contributed by atoms with Gasteiger partial charge in [0.25, 0.3) is 0 Å². The zero-order chi connectivity index (χ0) is 27.3. The molecule has 2 heterocycles. The quantitative estimate of drug-likeness (QED) is 0.404. The molecule has 1 aliphatic heterocycles. The smallest absolute Gasteiger partial charge is 0.303 e. The molecule has 12 nitrogen and oxygen atoms in total. The molecule has 1 aromatic heterocycles. The topological polar surface area (TPSA) is 152 Å². The molecule has 3 rings (SSSR count). The largest absolute Gasteiger partial charge is 0.463 e. The Morgan fingerprint density at radius 2 is 1.41 bits per heavy atom. The van der Waals surface area contributed by atoms with E-state index >= 15 is 0 Å². The predicted molar refractivity (Wildman–Crippen MR) is 126 cm³/mol. The molecule has 1 saturated heterocycles. The number of aromatic nitrogens is 2. The number of carbonyl (C=O) groups excluding carboxylic acids is 4. The monoisotopic (exact) mass is 518 g/mol. The van der Waals surface area contributed by atoms with Crippen LogP contribution in [-0.4, -0.2) is 71.2 Å². The van der Waals surface area contributed by atoms with Crippen molar-refractivity contribution in [3.8, 4) is 17.1 Å². The fourth-order valence-electron chi connectivity index (χ4n) is 3.79. The minimum atomic E-state index is -1.31. The number of esters is 4. The molecule has 0 spiro atoms. The third-order valence-corrected chi connectivity index (χ3v) is 5.46. The van der Waals surface area contributed by atoms with Gasteiger partial charge in [-0.1, -0.05) is 0 Å². The normalized spacial score (nSPS) is 23.0. The molecule has 37 heavy (non-hydrogen) atoms. The summed E-state index contributed by atoms with van der Waals surface area (Å²) in [5.74, 6) is -1.72. The van der Waals surface area contributed by atoms with Crippen molar-refractivity contribution in [1.82, 2.24) is 9.97 Å². The molecule has 0 amide bonds. The third kappa shape index (κ3) is 7.29. The summed E-state index contributed by atoms with van der Waals surface area (Å²) in [5, 5.41) is 0. The summed E-state index contributed by atoms with van der Waals surface area (Å²) in [6.45, 7) is 8.15. The van der Waals surface area contributed by atoms with Gasteiger partial charge in [-0.15, -0.1) is 0 Å². The molecule has 12 heteroatoms. The summed E-state index contributed by atoms with van der Waals surface area (Å²) in [6, 6.07) is 6.88. The van der Waals surface area contributed by atoms with Gasteiger partial charge in [-0.05, 0) is 38.1 Å². The molecule has 2 aromatic rings. The Kier molecular flexibility index (Phi) is 8.87. The van der Waals surface area contributed by atoms with E-state index < -0.39 is 54.6 Å². The summed E-state index contributed by atoms with van der Waals surface area (Å²) in [6.07, 6.45) is -6.27. The Balaban J connectivity index is 1.92. The second-order valence-corrected chi connectivity index (χ2v) is 8.51. The molecule has 0 bridgehead atoms. The second-order valence-electron chi connectivity index (χ2n) is 8.51. The highest BCUT2D eigenvalue weighted by Gasteiger charge is 2.53. The maximum absolute atomic E-state index is 11.9. The van der Waals surface area contributed by atoms with Crippen LogP contribution in [0.5, 0.6) is 5.75 Å². The first-order valence-electron chi connectivity index (χ1n) is 11.6. The van der Waals surface area contributed by atoms with Gasteiger partial charge < -0.3 is 33.4 Å². The van der Waals surface area contributed by atoms with Crippen LogP contribution >= 0.6 is 0 Å². The van der Waals surface area contributed by atoms with Crippen molar-refractivity contribution < 1.29 is 47.6 Å². The van der Waals surface area contributed by atoms with E-state index in [0.29, 0.717) is 11.6 Å². The highest BCUT2D eigenvalue weighted by Crippen LogP contribution is 2.31. The number of nitrogens with zero attached hydrogens (tertiary/aromatic N) is 1. The molecule has 1 aromatic carbocycles. The van der Waals surface area contributed by atoms with E-state index in [1.54, 1.807) is 24.3 Å². The third-order valence-electron chi connectivity index (χ3n) is 5.46.